The van der Waals surface area contributed by atoms with Gasteiger partial charge in [-0.05, 0) is 42.6 Å². The first-order valence-corrected chi connectivity index (χ1v) is 9.19. The predicted molar refractivity (Wildman–Crippen MR) is 83.1 cm³/mol. The van der Waals surface area contributed by atoms with Crippen LogP contribution in [0.2, 0.25) is 0 Å². The number of nitrogens with one attached hydrogen (secondary N) is 1. The molecule has 0 saturated carbocycles. The molecule has 0 saturated heterocycles. The number of rotatable bonds is 6. The molecule has 5 nitrogen and oxygen atoms in total. The van der Waals surface area contributed by atoms with Gasteiger partial charge in [0.05, 0.1) is 4.90 Å². The molecule has 0 bridgehead atoms. The number of sulfone groups is 1. The van der Waals surface area contributed by atoms with Crippen molar-refractivity contribution in [1.29, 1.82) is 0 Å². The van der Waals surface area contributed by atoms with E-state index in [1.807, 2.05) is 6.92 Å². The van der Waals surface area contributed by atoms with Crippen LogP contribution >= 0.6 is 11.8 Å². The van der Waals surface area contributed by atoms with Crippen molar-refractivity contribution in [2.24, 2.45) is 0 Å². The van der Waals surface area contributed by atoms with Gasteiger partial charge in [-0.2, -0.15) is 0 Å². The summed E-state index contributed by atoms with van der Waals surface area (Å²) in [6.45, 7) is 3.71. The van der Waals surface area contributed by atoms with Gasteiger partial charge in [0.15, 0.2) is 15.0 Å². The Morgan fingerprint density at radius 3 is 2.29 bits per heavy atom. The second kappa shape index (κ2) is 7.02. The van der Waals surface area contributed by atoms with E-state index in [0.29, 0.717) is 10.1 Å². The molecule has 1 heterocycles. The summed E-state index contributed by atoms with van der Waals surface area (Å²) in [5.41, 5.74) is 1.04. The van der Waals surface area contributed by atoms with Crippen LogP contribution in [0.4, 0.5) is 0 Å². The van der Waals surface area contributed by atoms with Crippen LogP contribution in [0, 0.1) is 0 Å². The molecule has 0 unspecified atom stereocenters. The monoisotopic (exact) mass is 323 g/mol. The molecule has 0 amide bonds. The predicted octanol–water partition coefficient (Wildman–Crippen LogP) is 2.14. The maximum atomic E-state index is 11.4. The largest absolute Gasteiger partial charge is 0.313 e. The van der Waals surface area contributed by atoms with Crippen LogP contribution in [0.5, 0.6) is 0 Å². The van der Waals surface area contributed by atoms with Crippen LogP contribution < -0.4 is 5.32 Å². The third kappa shape index (κ3) is 4.80. The minimum Gasteiger partial charge on any atom is -0.313 e. The summed E-state index contributed by atoms with van der Waals surface area (Å²) < 4.78 is 22.8. The molecular weight excluding hydrogens is 306 g/mol. The maximum Gasteiger partial charge on any atom is 0.192 e. The van der Waals surface area contributed by atoms with Gasteiger partial charge in [0.2, 0.25) is 0 Å². The van der Waals surface area contributed by atoms with Gasteiger partial charge in [0.25, 0.3) is 0 Å². The minimum atomic E-state index is -3.15. The van der Waals surface area contributed by atoms with Crippen molar-refractivity contribution in [2.45, 2.75) is 28.4 Å². The van der Waals surface area contributed by atoms with Crippen LogP contribution in [0.1, 0.15) is 12.5 Å². The molecule has 1 aromatic carbocycles. The van der Waals surface area contributed by atoms with E-state index in [9.17, 15) is 8.42 Å². The van der Waals surface area contributed by atoms with Crippen molar-refractivity contribution in [3.8, 4) is 0 Å². The number of benzene rings is 1. The quantitative estimate of drug-likeness (QED) is 0.821. The van der Waals surface area contributed by atoms with E-state index in [0.717, 1.165) is 23.5 Å². The Bertz CT molecular complexity index is 683. The molecule has 7 heteroatoms. The molecule has 0 aliphatic heterocycles. The lowest BCUT2D eigenvalue weighted by molar-refractivity contribution is 0.602. The molecule has 0 aliphatic rings. The first-order valence-electron chi connectivity index (χ1n) is 6.48. The smallest absolute Gasteiger partial charge is 0.192 e. The van der Waals surface area contributed by atoms with Crippen LogP contribution in [0.25, 0.3) is 0 Å². The molecule has 2 aromatic rings. The number of aromatic nitrogens is 2. The van der Waals surface area contributed by atoms with E-state index in [2.05, 4.69) is 15.3 Å². The fourth-order valence-corrected chi connectivity index (χ4v) is 2.94. The lowest BCUT2D eigenvalue weighted by Crippen LogP contribution is -2.12. The van der Waals surface area contributed by atoms with E-state index in [4.69, 9.17) is 0 Å². The van der Waals surface area contributed by atoms with Crippen LogP contribution in [-0.2, 0) is 16.4 Å². The van der Waals surface area contributed by atoms with Crippen LogP contribution in [-0.4, -0.2) is 31.2 Å². The average molecular weight is 323 g/mol. The average Bonchev–Trinajstić information content (AvgIpc) is 2.46. The van der Waals surface area contributed by atoms with Gasteiger partial charge in [-0.25, -0.2) is 18.4 Å². The van der Waals surface area contributed by atoms with E-state index in [-0.39, 0.29) is 0 Å². The summed E-state index contributed by atoms with van der Waals surface area (Å²) in [5, 5.41) is 3.85. The molecule has 112 valence electrons. The van der Waals surface area contributed by atoms with Crippen LogP contribution in [0.3, 0.4) is 0 Å². The SMILES string of the molecule is CCNCc1cnc(Sc2ccc(S(C)(=O)=O)cc2)nc1. The first-order chi connectivity index (χ1) is 9.99. The third-order valence-electron chi connectivity index (χ3n) is 2.72. The topological polar surface area (TPSA) is 72.0 Å². The Kier molecular flexibility index (Phi) is 5.33. The van der Waals surface area contributed by atoms with E-state index < -0.39 is 9.84 Å². The van der Waals surface area contributed by atoms with Gasteiger partial charge >= 0.3 is 0 Å². The highest BCUT2D eigenvalue weighted by atomic mass is 32.2. The van der Waals surface area contributed by atoms with Crippen molar-refractivity contribution < 1.29 is 8.42 Å². The van der Waals surface area contributed by atoms with Crippen molar-refractivity contribution >= 4 is 21.6 Å². The molecule has 1 N–H and O–H groups in total. The Morgan fingerprint density at radius 2 is 1.76 bits per heavy atom. The van der Waals surface area contributed by atoms with Gasteiger partial charge in [0, 0.05) is 35.7 Å². The second-order valence-electron chi connectivity index (χ2n) is 4.50. The number of hydrogen-bond acceptors (Lipinski definition) is 6. The molecule has 21 heavy (non-hydrogen) atoms. The second-order valence-corrected chi connectivity index (χ2v) is 7.56. The number of hydrogen-bond donors (Lipinski definition) is 1. The maximum absolute atomic E-state index is 11.4. The van der Waals surface area contributed by atoms with Crippen molar-refractivity contribution in [2.75, 3.05) is 12.8 Å². The lowest BCUT2D eigenvalue weighted by atomic mass is 10.3. The Hall–Kier alpha value is -1.44. The van der Waals surface area contributed by atoms with Crippen molar-refractivity contribution in [1.82, 2.24) is 15.3 Å². The van der Waals surface area contributed by atoms with Gasteiger partial charge in [0.1, 0.15) is 0 Å². The molecule has 0 radical (unpaired) electrons. The summed E-state index contributed by atoms with van der Waals surface area (Å²) in [6.07, 6.45) is 4.78. The van der Waals surface area contributed by atoms with Crippen molar-refractivity contribution in [3.63, 3.8) is 0 Å². The Morgan fingerprint density at radius 1 is 1.14 bits per heavy atom. The molecule has 0 atom stereocenters. The molecule has 1 aromatic heterocycles. The Labute approximate surface area is 129 Å². The summed E-state index contributed by atoms with van der Waals surface area (Å²) in [4.78, 5) is 9.80. The molecule has 2 rings (SSSR count). The highest BCUT2D eigenvalue weighted by Crippen LogP contribution is 2.25. The third-order valence-corrected chi connectivity index (χ3v) is 4.75. The minimum absolute atomic E-state index is 0.314. The van der Waals surface area contributed by atoms with Gasteiger partial charge in [-0.15, -0.1) is 0 Å². The first kappa shape index (κ1) is 15.9. The zero-order valence-electron chi connectivity index (χ0n) is 11.9. The summed E-state index contributed by atoms with van der Waals surface area (Å²) >= 11 is 1.40. The summed E-state index contributed by atoms with van der Waals surface area (Å²) in [6, 6.07) is 6.71. The van der Waals surface area contributed by atoms with Crippen LogP contribution in [0.15, 0.2) is 51.6 Å². The number of nitrogens with zero attached hydrogens (tertiary/aromatic N) is 2. The van der Waals surface area contributed by atoms with E-state index in [1.54, 1.807) is 36.7 Å². The standard InChI is InChI=1S/C14H17N3O2S2/c1-3-15-8-11-9-16-14(17-10-11)20-12-4-6-13(7-5-12)21(2,18)19/h4-7,9-10,15H,3,8H2,1-2H3. The molecule has 0 spiro atoms. The zero-order valence-corrected chi connectivity index (χ0v) is 13.5. The molecule has 0 aliphatic carbocycles. The normalized spacial score (nSPS) is 11.5. The summed E-state index contributed by atoms with van der Waals surface area (Å²) in [7, 11) is -3.15. The molecule has 0 fully saturated rings. The van der Waals surface area contributed by atoms with E-state index in [1.165, 1.54) is 18.0 Å². The van der Waals surface area contributed by atoms with Gasteiger partial charge in [-0.1, -0.05) is 6.92 Å². The lowest BCUT2D eigenvalue weighted by Gasteiger charge is -2.04. The van der Waals surface area contributed by atoms with Crippen molar-refractivity contribution in [3.05, 3.63) is 42.2 Å². The highest BCUT2D eigenvalue weighted by Gasteiger charge is 2.07. The van der Waals surface area contributed by atoms with E-state index >= 15 is 0 Å². The van der Waals surface area contributed by atoms with Gasteiger partial charge in [-0.3, -0.25) is 0 Å². The molecular formula is C14H17N3O2S2. The van der Waals surface area contributed by atoms with Gasteiger partial charge < -0.3 is 5.32 Å². The zero-order chi connectivity index (χ0) is 15.3. The fraction of sp³-hybridized carbons (Fsp3) is 0.286. The summed E-state index contributed by atoms with van der Waals surface area (Å²) in [5.74, 6) is 0. The Balaban J connectivity index is 2.04. The highest BCUT2D eigenvalue weighted by molar-refractivity contribution is 7.99. The fourth-order valence-electron chi connectivity index (χ4n) is 1.62.